The van der Waals surface area contributed by atoms with Gasteiger partial charge in [-0.25, -0.2) is 9.18 Å². The molecule has 0 bridgehead atoms. The third-order valence-corrected chi connectivity index (χ3v) is 6.89. The fourth-order valence-electron chi connectivity index (χ4n) is 5.13. The molecule has 1 saturated carbocycles. The van der Waals surface area contributed by atoms with Crippen molar-refractivity contribution < 1.29 is 23.6 Å². The van der Waals surface area contributed by atoms with Crippen molar-refractivity contribution in [3.63, 3.8) is 0 Å². The average Bonchev–Trinajstić information content (AvgIpc) is 2.72. The number of amides is 3. The van der Waals surface area contributed by atoms with E-state index in [1.165, 1.54) is 11.0 Å². The minimum atomic E-state index is -0.832. The maximum Gasteiger partial charge on any atom is 0.324 e. The molecule has 1 aliphatic carbocycles. The van der Waals surface area contributed by atoms with Gasteiger partial charge in [0.05, 0.1) is 11.9 Å². The third-order valence-electron chi connectivity index (χ3n) is 6.89. The molecule has 1 spiro atoms. The first-order valence-electron chi connectivity index (χ1n) is 11.7. The summed E-state index contributed by atoms with van der Waals surface area (Å²) in [6.45, 7) is 9.43. The van der Waals surface area contributed by atoms with Crippen molar-refractivity contribution in [2.45, 2.75) is 53.4 Å². The molecule has 0 unspecified atom stereocenters. The van der Waals surface area contributed by atoms with E-state index in [0.29, 0.717) is 11.3 Å². The van der Waals surface area contributed by atoms with E-state index >= 15 is 0 Å². The summed E-state index contributed by atoms with van der Waals surface area (Å²) in [5, 5.41) is 2.39. The topological polar surface area (TPSA) is 96.4 Å². The highest BCUT2D eigenvalue weighted by Crippen LogP contribution is 2.46. The zero-order valence-corrected chi connectivity index (χ0v) is 20.7. The van der Waals surface area contributed by atoms with Gasteiger partial charge in [-0.05, 0) is 54.8 Å². The second-order valence-electron chi connectivity index (χ2n) is 11.0. The van der Waals surface area contributed by atoms with Crippen molar-refractivity contribution in [3.05, 3.63) is 53.0 Å². The molecule has 35 heavy (non-hydrogen) atoms. The number of pyridine rings is 1. The lowest BCUT2D eigenvalue weighted by Gasteiger charge is -2.52. The van der Waals surface area contributed by atoms with E-state index in [0.717, 1.165) is 22.9 Å². The number of imide groups is 1. The molecule has 4 rings (SSSR count). The number of carbonyl (C=O) groups is 4. The van der Waals surface area contributed by atoms with E-state index in [4.69, 9.17) is 0 Å². The number of aromatic nitrogens is 1. The first-order chi connectivity index (χ1) is 16.3. The zero-order chi connectivity index (χ0) is 25.7. The molecule has 2 fully saturated rings. The van der Waals surface area contributed by atoms with E-state index in [1.54, 1.807) is 26.8 Å². The van der Waals surface area contributed by atoms with Gasteiger partial charge in [0, 0.05) is 42.3 Å². The number of hydrogen-bond acceptors (Lipinski definition) is 5. The highest BCUT2D eigenvalue weighted by Gasteiger charge is 2.53. The fourth-order valence-corrected chi connectivity index (χ4v) is 5.13. The Morgan fingerprint density at radius 3 is 2.11 bits per heavy atom. The Morgan fingerprint density at radius 2 is 1.63 bits per heavy atom. The smallest absolute Gasteiger partial charge is 0.323 e. The first-order valence-corrected chi connectivity index (χ1v) is 11.7. The van der Waals surface area contributed by atoms with Crippen LogP contribution >= 0.6 is 0 Å². The van der Waals surface area contributed by atoms with Gasteiger partial charge in [-0.1, -0.05) is 20.8 Å². The molecular weight excluding hydrogens is 449 g/mol. The summed E-state index contributed by atoms with van der Waals surface area (Å²) < 4.78 is 13.2. The van der Waals surface area contributed by atoms with Gasteiger partial charge in [0.2, 0.25) is 5.91 Å². The lowest BCUT2D eigenvalue weighted by Crippen LogP contribution is -2.64. The van der Waals surface area contributed by atoms with Crippen LogP contribution < -0.4 is 5.32 Å². The molecule has 0 radical (unpaired) electrons. The molecule has 184 valence electrons. The summed E-state index contributed by atoms with van der Waals surface area (Å²) in [6, 6.07) is 6.19. The van der Waals surface area contributed by atoms with E-state index < -0.39 is 28.6 Å². The van der Waals surface area contributed by atoms with Crippen molar-refractivity contribution in [1.29, 1.82) is 0 Å². The number of likely N-dealkylation sites (tertiary alicyclic amines) is 1. The van der Waals surface area contributed by atoms with Crippen LogP contribution in [-0.4, -0.2) is 46.5 Å². The number of nitrogens with one attached hydrogen (secondary N) is 1. The van der Waals surface area contributed by atoms with Gasteiger partial charge in [0.25, 0.3) is 0 Å². The Bertz CT molecular complexity index is 1180. The quantitative estimate of drug-likeness (QED) is 0.654. The lowest BCUT2D eigenvalue weighted by atomic mass is 9.63. The van der Waals surface area contributed by atoms with Crippen molar-refractivity contribution in [3.8, 4) is 11.3 Å². The molecule has 2 aromatic rings. The minimum Gasteiger partial charge on any atom is -0.323 e. The van der Waals surface area contributed by atoms with Crippen LogP contribution in [-0.2, 0) is 14.4 Å². The number of halogens is 1. The monoisotopic (exact) mass is 479 g/mol. The summed E-state index contributed by atoms with van der Waals surface area (Å²) in [6.07, 6.45) is 1.57. The predicted molar refractivity (Wildman–Crippen MR) is 128 cm³/mol. The predicted octanol–water partition coefficient (Wildman–Crippen LogP) is 4.10. The minimum absolute atomic E-state index is 0.147. The Balaban J connectivity index is 1.48. The average molecular weight is 480 g/mol. The molecule has 1 N–H and O–H groups in total. The number of nitrogens with zero attached hydrogens (tertiary/aromatic N) is 2. The van der Waals surface area contributed by atoms with Gasteiger partial charge in [0.1, 0.15) is 23.3 Å². The number of ketones is 2. The summed E-state index contributed by atoms with van der Waals surface area (Å²) in [7, 11) is 0. The van der Waals surface area contributed by atoms with Crippen molar-refractivity contribution in [2.24, 2.45) is 10.8 Å². The SMILES string of the molecule is Cc1cc(-c2ccc(F)cn2)cc(C)c1C1C(=O)CC2(CC1=O)CN(C(=O)NC(=O)C(C)(C)C)C2. The van der Waals surface area contributed by atoms with E-state index in [2.05, 4.69) is 10.3 Å². The van der Waals surface area contributed by atoms with Gasteiger partial charge in [-0.15, -0.1) is 0 Å². The van der Waals surface area contributed by atoms with Crippen LogP contribution in [0.5, 0.6) is 0 Å². The Kier molecular flexibility index (Phi) is 6.11. The number of urea groups is 1. The van der Waals surface area contributed by atoms with E-state index in [1.807, 2.05) is 26.0 Å². The summed E-state index contributed by atoms with van der Waals surface area (Å²) >= 11 is 0. The summed E-state index contributed by atoms with van der Waals surface area (Å²) in [4.78, 5) is 56.6. The number of carbonyl (C=O) groups excluding carboxylic acids is 4. The number of hydrogen-bond donors (Lipinski definition) is 1. The van der Waals surface area contributed by atoms with Crippen LogP contribution in [0.25, 0.3) is 11.3 Å². The van der Waals surface area contributed by atoms with Gasteiger partial charge in [0.15, 0.2) is 0 Å². The number of aryl methyl sites for hydroxylation is 2. The van der Waals surface area contributed by atoms with Gasteiger partial charge in [-0.3, -0.25) is 24.7 Å². The highest BCUT2D eigenvalue weighted by atomic mass is 19.1. The largest absolute Gasteiger partial charge is 0.324 e. The van der Waals surface area contributed by atoms with Crippen LogP contribution in [0.15, 0.2) is 30.5 Å². The molecular formula is C27H30FN3O4. The standard InChI is InChI=1S/C27H30FN3O4/c1-15-8-17(19-7-6-18(28)12-29-19)9-16(2)22(15)23-20(32)10-27(11-21(23)33)13-31(14-27)25(35)30-24(34)26(3,4)5/h6-9,12,23H,10-11,13-14H2,1-5H3,(H,30,34,35). The zero-order valence-electron chi connectivity index (χ0n) is 20.7. The third kappa shape index (κ3) is 4.74. The Morgan fingerprint density at radius 1 is 1.06 bits per heavy atom. The van der Waals surface area contributed by atoms with Gasteiger partial charge < -0.3 is 4.90 Å². The van der Waals surface area contributed by atoms with Crippen molar-refractivity contribution in [2.75, 3.05) is 13.1 Å². The van der Waals surface area contributed by atoms with Crippen LogP contribution in [0.3, 0.4) is 0 Å². The molecule has 0 atom stereocenters. The molecule has 3 amide bonds. The number of Topliss-reactive ketones (excluding diaryl/α,β-unsaturated/α-hetero) is 2. The van der Waals surface area contributed by atoms with Gasteiger partial charge >= 0.3 is 6.03 Å². The molecule has 1 aromatic heterocycles. The number of benzene rings is 1. The van der Waals surface area contributed by atoms with Crippen LogP contribution in [0.2, 0.25) is 0 Å². The van der Waals surface area contributed by atoms with Crippen LogP contribution in [0, 0.1) is 30.5 Å². The Hall–Kier alpha value is -3.42. The second kappa shape index (κ2) is 8.66. The summed E-state index contributed by atoms with van der Waals surface area (Å²) in [5.74, 6) is -1.92. The highest BCUT2D eigenvalue weighted by molar-refractivity contribution is 6.11. The fraction of sp³-hybridized carbons (Fsp3) is 0.444. The molecule has 1 aromatic carbocycles. The van der Waals surface area contributed by atoms with Crippen LogP contribution in [0.4, 0.5) is 9.18 Å². The summed E-state index contributed by atoms with van der Waals surface area (Å²) in [5.41, 5.74) is 2.48. The Labute approximate surface area is 204 Å². The van der Waals surface area contributed by atoms with E-state index in [9.17, 15) is 23.6 Å². The van der Waals surface area contributed by atoms with Crippen molar-refractivity contribution >= 4 is 23.5 Å². The van der Waals surface area contributed by atoms with Gasteiger partial charge in [-0.2, -0.15) is 0 Å². The van der Waals surface area contributed by atoms with Crippen molar-refractivity contribution in [1.82, 2.24) is 15.2 Å². The molecule has 1 aliphatic heterocycles. The molecule has 2 aliphatic rings. The normalized spacial score (nSPS) is 17.9. The first kappa shape index (κ1) is 24.7. The molecule has 1 saturated heterocycles. The van der Waals surface area contributed by atoms with E-state index in [-0.39, 0.29) is 43.4 Å². The maximum absolute atomic E-state index is 13.2. The molecule has 7 nitrogen and oxygen atoms in total. The van der Waals surface area contributed by atoms with Crippen LogP contribution in [0.1, 0.15) is 56.2 Å². The molecule has 8 heteroatoms. The second-order valence-corrected chi connectivity index (χ2v) is 11.0. The lowest BCUT2D eigenvalue weighted by molar-refractivity contribution is -0.142. The molecule has 2 heterocycles. The maximum atomic E-state index is 13.2. The number of rotatable bonds is 2.